The van der Waals surface area contributed by atoms with Crippen LogP contribution >= 0.6 is 11.6 Å². The molecule has 4 rings (SSSR count). The van der Waals surface area contributed by atoms with Crippen molar-refractivity contribution in [2.75, 3.05) is 0 Å². The lowest BCUT2D eigenvalue weighted by atomic mass is 10.2. The summed E-state index contributed by atoms with van der Waals surface area (Å²) in [4.78, 5) is 41.0. The minimum absolute atomic E-state index is 0.0335. The van der Waals surface area contributed by atoms with Crippen LogP contribution in [0.15, 0.2) is 58.1 Å². The lowest BCUT2D eigenvalue weighted by molar-refractivity contribution is -0.274. The van der Waals surface area contributed by atoms with Gasteiger partial charge in [-0.05, 0) is 29.8 Å². The molecule has 0 saturated heterocycles. The van der Waals surface area contributed by atoms with Crippen LogP contribution in [0, 0.1) is 0 Å². The Bertz CT molecular complexity index is 1530. The smallest absolute Gasteiger partial charge is 0.425 e. The number of hydrogen-bond donors (Lipinski definition) is 0. The first-order valence-corrected chi connectivity index (χ1v) is 11.4. The van der Waals surface area contributed by atoms with Crippen LogP contribution in [0.4, 0.5) is 13.2 Å². The van der Waals surface area contributed by atoms with Gasteiger partial charge in [0.25, 0.3) is 5.56 Å². The van der Waals surface area contributed by atoms with Crippen molar-refractivity contribution in [2.45, 2.75) is 33.3 Å². The number of carbonyl (C=O) groups is 1. The van der Waals surface area contributed by atoms with Gasteiger partial charge in [0, 0.05) is 18.1 Å². The Balaban J connectivity index is 0.00000186. The van der Waals surface area contributed by atoms with Gasteiger partial charge in [0.15, 0.2) is 11.2 Å². The normalized spacial score (nSPS) is 11.1. The van der Waals surface area contributed by atoms with Gasteiger partial charge in [0.1, 0.15) is 17.8 Å². The van der Waals surface area contributed by atoms with Crippen LogP contribution in [0.25, 0.3) is 11.2 Å². The maximum absolute atomic E-state index is 13.1. The third-order valence-electron chi connectivity index (χ3n) is 4.96. The predicted molar refractivity (Wildman–Crippen MR) is 130 cm³/mol. The molecule has 0 atom stereocenters. The molecule has 13 heteroatoms. The number of aldehydes is 1. The van der Waals surface area contributed by atoms with Crippen LogP contribution in [0.2, 0.25) is 5.02 Å². The van der Waals surface area contributed by atoms with E-state index in [1.807, 2.05) is 13.8 Å². The van der Waals surface area contributed by atoms with Gasteiger partial charge in [-0.3, -0.25) is 18.5 Å². The van der Waals surface area contributed by atoms with Crippen molar-refractivity contribution in [2.24, 2.45) is 7.05 Å². The number of imidazole rings is 1. The maximum Gasteiger partial charge on any atom is 0.573 e. The third kappa shape index (κ3) is 6.20. The average molecular weight is 539 g/mol. The summed E-state index contributed by atoms with van der Waals surface area (Å²) in [5.41, 5.74) is -0.933. The Labute approximate surface area is 213 Å². The van der Waals surface area contributed by atoms with Crippen molar-refractivity contribution in [3.63, 3.8) is 0 Å². The molecule has 0 spiro atoms. The predicted octanol–water partition coefficient (Wildman–Crippen LogP) is 4.51. The number of aryl methyl sites for hydroxylation is 1. The molecule has 2 aromatic carbocycles. The van der Waals surface area contributed by atoms with Crippen LogP contribution in [0.1, 0.15) is 19.4 Å². The number of fused-ring (bicyclic) bond motifs is 1. The van der Waals surface area contributed by atoms with Gasteiger partial charge < -0.3 is 14.3 Å². The molecule has 196 valence electrons. The van der Waals surface area contributed by atoms with Gasteiger partial charge in [0.2, 0.25) is 0 Å². The summed E-state index contributed by atoms with van der Waals surface area (Å²) in [5.74, 6) is -0.575. The van der Waals surface area contributed by atoms with Gasteiger partial charge in [0.05, 0.1) is 13.1 Å². The fraction of sp³-hybridized carbons (Fsp3) is 0.250. The number of carbonyl (C=O) groups excluding carboxylic acids is 1. The zero-order valence-electron chi connectivity index (χ0n) is 20.0. The molecule has 0 saturated carbocycles. The SMILES string of the molecule is CC.Cn1c(=O)n(CC=O)c(=O)c2c1nc(Oc1cccc(OC(F)(F)F)c1)n2Cc1ccc(Cl)cc1. The highest BCUT2D eigenvalue weighted by Gasteiger charge is 2.31. The summed E-state index contributed by atoms with van der Waals surface area (Å²) >= 11 is 5.95. The quantitative estimate of drug-likeness (QED) is 0.321. The largest absolute Gasteiger partial charge is 0.573 e. The van der Waals surface area contributed by atoms with Crippen LogP contribution in [-0.2, 0) is 24.9 Å². The van der Waals surface area contributed by atoms with E-state index in [-0.39, 0.29) is 29.5 Å². The molecule has 0 aliphatic rings. The summed E-state index contributed by atoms with van der Waals surface area (Å²) in [7, 11) is 1.37. The topological polar surface area (TPSA) is 97.4 Å². The summed E-state index contributed by atoms with van der Waals surface area (Å²) < 4.78 is 50.7. The van der Waals surface area contributed by atoms with E-state index in [0.717, 1.165) is 21.3 Å². The van der Waals surface area contributed by atoms with E-state index in [9.17, 15) is 27.6 Å². The number of ether oxygens (including phenoxy) is 2. The number of halogens is 4. The van der Waals surface area contributed by atoms with E-state index in [1.165, 1.54) is 23.7 Å². The standard InChI is InChI=1S/C22H16ClF3N4O5.C2H6/c1-28-18-17(19(32)29(9-10-31)21(28)33)30(12-13-5-7-14(23)8-6-13)20(27-18)34-15-3-2-4-16(11-15)35-22(24,25)26;1-2/h2-8,10-11H,9,12H2,1H3;1-2H3. The second-order valence-electron chi connectivity index (χ2n) is 7.33. The fourth-order valence-electron chi connectivity index (χ4n) is 3.42. The molecule has 4 aromatic rings. The molecule has 0 radical (unpaired) electrons. The molecule has 9 nitrogen and oxygen atoms in total. The molecule has 0 aliphatic carbocycles. The van der Waals surface area contributed by atoms with Crippen LogP contribution in [0.5, 0.6) is 17.5 Å². The van der Waals surface area contributed by atoms with Crippen LogP contribution in [-0.4, -0.2) is 31.3 Å². The summed E-state index contributed by atoms with van der Waals surface area (Å²) in [6.45, 7) is 3.57. The molecule has 0 amide bonds. The number of aromatic nitrogens is 4. The minimum atomic E-state index is -4.90. The van der Waals surface area contributed by atoms with E-state index in [1.54, 1.807) is 24.3 Å². The zero-order chi connectivity index (χ0) is 27.3. The number of rotatable bonds is 7. The van der Waals surface area contributed by atoms with E-state index in [2.05, 4.69) is 9.72 Å². The molecule has 0 fully saturated rings. The molecule has 0 bridgehead atoms. The second-order valence-corrected chi connectivity index (χ2v) is 7.76. The highest BCUT2D eigenvalue weighted by Crippen LogP contribution is 2.30. The highest BCUT2D eigenvalue weighted by atomic mass is 35.5. The fourth-order valence-corrected chi connectivity index (χ4v) is 3.55. The van der Waals surface area contributed by atoms with Crippen LogP contribution in [0.3, 0.4) is 0 Å². The van der Waals surface area contributed by atoms with E-state index in [0.29, 0.717) is 16.9 Å². The lowest BCUT2D eigenvalue weighted by Crippen LogP contribution is -2.40. The van der Waals surface area contributed by atoms with Crippen molar-refractivity contribution in [3.05, 3.63) is 80.0 Å². The summed E-state index contributed by atoms with van der Waals surface area (Å²) in [5, 5.41) is 0.484. The molecule has 0 N–H and O–H groups in total. The van der Waals surface area contributed by atoms with Gasteiger partial charge in [-0.2, -0.15) is 4.98 Å². The van der Waals surface area contributed by atoms with Crippen molar-refractivity contribution in [3.8, 4) is 17.5 Å². The van der Waals surface area contributed by atoms with E-state index < -0.39 is 29.9 Å². The minimum Gasteiger partial charge on any atom is -0.425 e. The van der Waals surface area contributed by atoms with Crippen molar-refractivity contribution < 1.29 is 27.4 Å². The van der Waals surface area contributed by atoms with Gasteiger partial charge >= 0.3 is 18.1 Å². The van der Waals surface area contributed by atoms with Gasteiger partial charge in [-0.15, -0.1) is 13.2 Å². The zero-order valence-corrected chi connectivity index (χ0v) is 20.7. The Hall–Kier alpha value is -4.06. The molecular weight excluding hydrogens is 517 g/mol. The monoisotopic (exact) mass is 538 g/mol. The van der Waals surface area contributed by atoms with E-state index in [4.69, 9.17) is 16.3 Å². The Kier molecular flexibility index (Phi) is 8.43. The molecule has 0 aliphatic heterocycles. The van der Waals surface area contributed by atoms with Gasteiger partial charge in [-0.1, -0.05) is 43.6 Å². The number of nitrogens with zero attached hydrogens (tertiary/aromatic N) is 4. The van der Waals surface area contributed by atoms with Crippen LogP contribution < -0.4 is 20.7 Å². The maximum atomic E-state index is 13.1. The lowest BCUT2D eigenvalue weighted by Gasteiger charge is -2.12. The van der Waals surface area contributed by atoms with Crippen molar-refractivity contribution >= 4 is 29.1 Å². The first-order chi connectivity index (χ1) is 17.6. The molecule has 2 aromatic heterocycles. The molecule has 37 heavy (non-hydrogen) atoms. The number of alkyl halides is 3. The van der Waals surface area contributed by atoms with Crippen molar-refractivity contribution in [1.82, 2.24) is 18.7 Å². The molecule has 2 heterocycles. The Morgan fingerprint density at radius 1 is 1.03 bits per heavy atom. The Morgan fingerprint density at radius 3 is 2.30 bits per heavy atom. The van der Waals surface area contributed by atoms with Crippen molar-refractivity contribution in [1.29, 1.82) is 0 Å². The molecular formula is C24H22ClF3N4O5. The number of hydrogen-bond acceptors (Lipinski definition) is 6. The third-order valence-corrected chi connectivity index (χ3v) is 5.21. The average Bonchev–Trinajstić information content (AvgIpc) is 3.20. The Morgan fingerprint density at radius 2 is 1.68 bits per heavy atom. The van der Waals surface area contributed by atoms with Gasteiger partial charge in [-0.25, -0.2) is 4.79 Å². The number of benzene rings is 2. The first-order valence-electron chi connectivity index (χ1n) is 11.0. The first kappa shape index (κ1) is 27.5. The summed E-state index contributed by atoms with van der Waals surface area (Å²) in [6.07, 6.45) is -4.49. The van der Waals surface area contributed by atoms with E-state index >= 15 is 0 Å². The second kappa shape index (κ2) is 11.3. The molecule has 0 unspecified atom stereocenters. The highest BCUT2D eigenvalue weighted by molar-refractivity contribution is 6.30. The summed E-state index contributed by atoms with van der Waals surface area (Å²) in [6, 6.07) is 11.2.